The lowest BCUT2D eigenvalue weighted by molar-refractivity contribution is -0.123. The molecular weight excluding hydrogens is 266 g/mol. The molecule has 1 aromatic carbocycles. The van der Waals surface area contributed by atoms with Gasteiger partial charge in [0.15, 0.2) is 0 Å². The number of rotatable bonds is 6. The third-order valence-electron chi connectivity index (χ3n) is 3.59. The molecule has 2 rings (SSSR count). The predicted molar refractivity (Wildman–Crippen MR) is 79.5 cm³/mol. The van der Waals surface area contributed by atoms with Crippen molar-refractivity contribution in [3.63, 3.8) is 0 Å². The van der Waals surface area contributed by atoms with Crippen LogP contribution in [0.2, 0.25) is 0 Å². The van der Waals surface area contributed by atoms with Crippen molar-refractivity contribution >= 4 is 5.91 Å². The van der Waals surface area contributed by atoms with Crippen molar-refractivity contribution in [2.24, 2.45) is 5.92 Å². The molecule has 1 aliphatic heterocycles. The summed E-state index contributed by atoms with van der Waals surface area (Å²) in [4.78, 5) is 14.3. The Kier molecular flexibility index (Phi) is 6.20. The predicted octanol–water partition coefficient (Wildman–Crippen LogP) is 0.817. The fourth-order valence-corrected chi connectivity index (χ4v) is 2.33. The first-order valence-electron chi connectivity index (χ1n) is 7.31. The maximum Gasteiger partial charge on any atom is 0.237 e. The second kappa shape index (κ2) is 8.40. The Bertz CT molecular complexity index is 478. The van der Waals surface area contributed by atoms with Gasteiger partial charge >= 0.3 is 0 Å². The van der Waals surface area contributed by atoms with Crippen molar-refractivity contribution in [3.05, 3.63) is 35.9 Å². The highest BCUT2D eigenvalue weighted by Gasteiger charge is 2.18. The smallest absolute Gasteiger partial charge is 0.237 e. The van der Waals surface area contributed by atoms with Gasteiger partial charge in [-0.1, -0.05) is 30.3 Å². The van der Waals surface area contributed by atoms with Crippen molar-refractivity contribution in [2.45, 2.75) is 6.42 Å². The molecule has 1 atom stereocenters. The highest BCUT2D eigenvalue weighted by molar-refractivity contribution is 5.81. The van der Waals surface area contributed by atoms with Crippen molar-refractivity contribution in [1.82, 2.24) is 10.2 Å². The Labute approximate surface area is 125 Å². The molecule has 1 heterocycles. The zero-order chi connectivity index (χ0) is 14.9. The quantitative estimate of drug-likeness (QED) is 0.841. The van der Waals surface area contributed by atoms with Crippen LogP contribution in [0, 0.1) is 17.2 Å². The van der Waals surface area contributed by atoms with Crippen LogP contribution in [0.5, 0.6) is 0 Å². The Morgan fingerprint density at radius 1 is 1.33 bits per heavy atom. The van der Waals surface area contributed by atoms with Gasteiger partial charge in [0.25, 0.3) is 0 Å². The highest BCUT2D eigenvalue weighted by atomic mass is 16.5. The molecule has 112 valence electrons. The first-order chi connectivity index (χ1) is 10.3. The Morgan fingerprint density at radius 2 is 2.05 bits per heavy atom. The molecule has 1 fully saturated rings. The van der Waals surface area contributed by atoms with Crippen LogP contribution in [0.1, 0.15) is 5.56 Å². The fourth-order valence-electron chi connectivity index (χ4n) is 2.33. The standard InChI is InChI=1S/C16H21N3O2/c17-13-15(12-14-4-2-1-3-5-14)16(20)18-6-7-19-8-10-21-11-9-19/h1-5,15H,6-12H2,(H,18,20). The molecule has 0 aromatic heterocycles. The third kappa shape index (κ3) is 5.18. The molecular formula is C16H21N3O2. The first kappa shape index (κ1) is 15.5. The molecule has 1 aliphatic rings. The van der Waals surface area contributed by atoms with E-state index in [-0.39, 0.29) is 5.91 Å². The van der Waals surface area contributed by atoms with Crippen LogP contribution in [0.15, 0.2) is 30.3 Å². The zero-order valence-corrected chi connectivity index (χ0v) is 12.1. The minimum atomic E-state index is -0.628. The van der Waals surface area contributed by atoms with Crippen LogP contribution in [0.3, 0.4) is 0 Å². The number of hydrogen-bond acceptors (Lipinski definition) is 4. The zero-order valence-electron chi connectivity index (χ0n) is 12.1. The van der Waals surface area contributed by atoms with E-state index in [1.807, 2.05) is 30.3 Å². The summed E-state index contributed by atoms with van der Waals surface area (Å²) in [6.07, 6.45) is 0.459. The molecule has 0 bridgehead atoms. The second-order valence-corrected chi connectivity index (χ2v) is 5.12. The van der Waals surface area contributed by atoms with Gasteiger partial charge < -0.3 is 10.1 Å². The van der Waals surface area contributed by atoms with Gasteiger partial charge in [0.2, 0.25) is 5.91 Å². The minimum Gasteiger partial charge on any atom is -0.379 e. The number of carbonyl (C=O) groups excluding carboxylic acids is 1. The van der Waals surface area contributed by atoms with Gasteiger partial charge in [0, 0.05) is 26.2 Å². The summed E-state index contributed by atoms with van der Waals surface area (Å²) in [6.45, 7) is 4.69. The molecule has 21 heavy (non-hydrogen) atoms. The van der Waals surface area contributed by atoms with E-state index in [1.54, 1.807) is 0 Å². The van der Waals surface area contributed by atoms with Crippen molar-refractivity contribution in [2.75, 3.05) is 39.4 Å². The first-order valence-corrected chi connectivity index (χ1v) is 7.31. The lowest BCUT2D eigenvalue weighted by atomic mass is 10.00. The summed E-state index contributed by atoms with van der Waals surface area (Å²) in [5.74, 6) is -0.813. The Hall–Kier alpha value is -1.90. The van der Waals surface area contributed by atoms with E-state index >= 15 is 0 Å². The minimum absolute atomic E-state index is 0.186. The second-order valence-electron chi connectivity index (χ2n) is 5.12. The van der Waals surface area contributed by atoms with Crippen LogP contribution < -0.4 is 5.32 Å². The summed E-state index contributed by atoms with van der Waals surface area (Å²) in [5, 5.41) is 12.0. The number of amides is 1. The SMILES string of the molecule is N#CC(Cc1ccccc1)C(=O)NCCN1CCOCC1. The molecule has 1 aromatic rings. The van der Waals surface area contributed by atoms with Crippen molar-refractivity contribution < 1.29 is 9.53 Å². The molecule has 0 saturated carbocycles. The number of carbonyl (C=O) groups is 1. The van der Waals surface area contributed by atoms with Crippen LogP contribution >= 0.6 is 0 Å². The van der Waals surface area contributed by atoms with E-state index in [9.17, 15) is 4.79 Å². The molecule has 0 aliphatic carbocycles. The summed E-state index contributed by atoms with van der Waals surface area (Å²) < 4.78 is 5.28. The number of nitrogens with one attached hydrogen (secondary N) is 1. The number of nitrogens with zero attached hydrogens (tertiary/aromatic N) is 2. The number of ether oxygens (including phenoxy) is 1. The summed E-state index contributed by atoms with van der Waals surface area (Å²) >= 11 is 0. The van der Waals surface area contributed by atoms with Gasteiger partial charge in [0.05, 0.1) is 19.3 Å². The van der Waals surface area contributed by atoms with Gasteiger partial charge in [-0.05, 0) is 12.0 Å². The van der Waals surface area contributed by atoms with Gasteiger partial charge in [-0.25, -0.2) is 0 Å². The number of morpholine rings is 1. The van der Waals surface area contributed by atoms with Gasteiger partial charge in [-0.3, -0.25) is 9.69 Å². The van der Waals surface area contributed by atoms with E-state index in [0.29, 0.717) is 13.0 Å². The average molecular weight is 287 g/mol. The van der Waals surface area contributed by atoms with Crippen LogP contribution in [-0.2, 0) is 16.0 Å². The van der Waals surface area contributed by atoms with Crippen LogP contribution in [0.25, 0.3) is 0 Å². The molecule has 1 N–H and O–H groups in total. The van der Waals surface area contributed by atoms with Crippen LogP contribution in [0.4, 0.5) is 0 Å². The summed E-state index contributed by atoms with van der Waals surface area (Å²) in [7, 11) is 0. The molecule has 5 nitrogen and oxygen atoms in total. The lowest BCUT2D eigenvalue weighted by Crippen LogP contribution is -2.42. The van der Waals surface area contributed by atoms with Gasteiger partial charge in [-0.2, -0.15) is 5.26 Å². The van der Waals surface area contributed by atoms with E-state index in [2.05, 4.69) is 16.3 Å². The Morgan fingerprint density at radius 3 is 2.71 bits per heavy atom. The maximum absolute atomic E-state index is 12.0. The molecule has 0 radical (unpaired) electrons. The summed E-state index contributed by atoms with van der Waals surface area (Å²) in [5.41, 5.74) is 1.01. The largest absolute Gasteiger partial charge is 0.379 e. The van der Waals surface area contributed by atoms with Crippen molar-refractivity contribution in [3.8, 4) is 6.07 Å². The van der Waals surface area contributed by atoms with Crippen molar-refractivity contribution in [1.29, 1.82) is 5.26 Å². The number of hydrogen-bond donors (Lipinski definition) is 1. The normalized spacial score (nSPS) is 16.9. The molecule has 1 saturated heterocycles. The maximum atomic E-state index is 12.0. The molecule has 0 spiro atoms. The number of nitriles is 1. The Balaban J connectivity index is 1.74. The van der Waals surface area contributed by atoms with E-state index in [1.165, 1.54) is 0 Å². The fraction of sp³-hybridized carbons (Fsp3) is 0.500. The monoisotopic (exact) mass is 287 g/mol. The topological polar surface area (TPSA) is 65.4 Å². The third-order valence-corrected chi connectivity index (χ3v) is 3.59. The molecule has 1 unspecified atom stereocenters. The van der Waals surface area contributed by atoms with Gasteiger partial charge in [0.1, 0.15) is 5.92 Å². The molecule has 1 amide bonds. The lowest BCUT2D eigenvalue weighted by Gasteiger charge is -2.26. The molecule has 5 heteroatoms. The average Bonchev–Trinajstić information content (AvgIpc) is 2.54. The number of benzene rings is 1. The van der Waals surface area contributed by atoms with E-state index in [4.69, 9.17) is 10.00 Å². The van der Waals surface area contributed by atoms with E-state index < -0.39 is 5.92 Å². The van der Waals surface area contributed by atoms with E-state index in [0.717, 1.165) is 38.4 Å². The van der Waals surface area contributed by atoms with Gasteiger partial charge in [-0.15, -0.1) is 0 Å². The van der Waals surface area contributed by atoms with Crippen LogP contribution in [-0.4, -0.2) is 50.2 Å². The summed E-state index contributed by atoms with van der Waals surface area (Å²) in [6, 6.07) is 11.7. The highest BCUT2D eigenvalue weighted by Crippen LogP contribution is 2.08.